The molecule has 0 radical (unpaired) electrons. The van der Waals surface area contributed by atoms with Crippen LogP contribution >= 0.6 is 0 Å². The molecule has 1 heterocycles. The minimum absolute atomic E-state index is 0.169. The molecule has 2 rings (SSSR count). The van der Waals surface area contributed by atoms with Crippen molar-refractivity contribution in [3.05, 3.63) is 29.8 Å². The first-order chi connectivity index (χ1) is 6.38. The molecule has 66 valence electrons. The normalized spacial score (nSPS) is 18.7. The summed E-state index contributed by atoms with van der Waals surface area (Å²) in [5, 5.41) is 0. The molecule has 2 heteroatoms. The lowest BCUT2D eigenvalue weighted by Gasteiger charge is -1.97. The summed E-state index contributed by atoms with van der Waals surface area (Å²) in [5.74, 6) is 6.88. The van der Waals surface area contributed by atoms with Crippen LogP contribution in [0.4, 0.5) is 0 Å². The third-order valence-electron chi connectivity index (χ3n) is 1.80. The first kappa shape index (κ1) is 8.15. The summed E-state index contributed by atoms with van der Waals surface area (Å²) < 4.78 is 10.0. The molecule has 0 spiro atoms. The van der Waals surface area contributed by atoms with Crippen molar-refractivity contribution < 1.29 is 9.47 Å². The lowest BCUT2D eigenvalue weighted by Crippen LogP contribution is -1.82. The molecular formula is C11H10O2. The Balaban J connectivity index is 2.09. The third-order valence-corrected chi connectivity index (χ3v) is 1.80. The maximum absolute atomic E-state index is 5.03. The summed E-state index contributed by atoms with van der Waals surface area (Å²) in [6.45, 7) is 0.781. The number of methoxy groups -OCH3 is 1. The number of ether oxygens (including phenoxy) is 2. The zero-order valence-electron chi connectivity index (χ0n) is 7.41. The van der Waals surface area contributed by atoms with Crippen molar-refractivity contribution in [2.45, 2.75) is 6.10 Å². The van der Waals surface area contributed by atoms with E-state index in [9.17, 15) is 0 Å². The SMILES string of the molecule is COc1ccc(C#C[C@@H]2CO2)cc1. The van der Waals surface area contributed by atoms with E-state index in [0.717, 1.165) is 17.9 Å². The lowest BCUT2D eigenvalue weighted by molar-refractivity contribution is 0.415. The average Bonchev–Trinajstić information content (AvgIpc) is 2.99. The maximum atomic E-state index is 5.03. The Labute approximate surface area is 77.5 Å². The van der Waals surface area contributed by atoms with Crippen molar-refractivity contribution in [2.75, 3.05) is 13.7 Å². The Hall–Kier alpha value is -1.46. The largest absolute Gasteiger partial charge is 0.497 e. The van der Waals surface area contributed by atoms with E-state index in [4.69, 9.17) is 9.47 Å². The molecule has 0 unspecified atom stereocenters. The topological polar surface area (TPSA) is 21.8 Å². The van der Waals surface area contributed by atoms with Crippen LogP contribution in [0.15, 0.2) is 24.3 Å². The molecule has 0 bridgehead atoms. The van der Waals surface area contributed by atoms with Crippen molar-refractivity contribution in [3.8, 4) is 17.6 Å². The van der Waals surface area contributed by atoms with Crippen LogP contribution in [-0.2, 0) is 4.74 Å². The second kappa shape index (κ2) is 3.51. The highest BCUT2D eigenvalue weighted by atomic mass is 16.6. The quantitative estimate of drug-likeness (QED) is 0.474. The Kier molecular flexibility index (Phi) is 2.20. The Morgan fingerprint density at radius 3 is 2.62 bits per heavy atom. The number of hydrogen-bond donors (Lipinski definition) is 0. The molecule has 0 saturated carbocycles. The molecule has 1 aromatic carbocycles. The zero-order valence-corrected chi connectivity index (χ0v) is 7.41. The van der Waals surface area contributed by atoms with Crippen LogP contribution in [0, 0.1) is 11.8 Å². The van der Waals surface area contributed by atoms with E-state index in [1.165, 1.54) is 0 Å². The molecular weight excluding hydrogens is 164 g/mol. The van der Waals surface area contributed by atoms with E-state index in [2.05, 4.69) is 11.8 Å². The molecule has 1 aromatic rings. The number of hydrogen-bond acceptors (Lipinski definition) is 2. The van der Waals surface area contributed by atoms with E-state index < -0.39 is 0 Å². The number of benzene rings is 1. The first-order valence-corrected chi connectivity index (χ1v) is 4.16. The minimum atomic E-state index is 0.169. The fourth-order valence-electron chi connectivity index (χ4n) is 0.970. The van der Waals surface area contributed by atoms with E-state index in [1.807, 2.05) is 24.3 Å². The van der Waals surface area contributed by atoms with Gasteiger partial charge in [-0.25, -0.2) is 0 Å². The standard InChI is InChI=1S/C11H10O2/c1-12-10-5-2-9(3-6-10)4-7-11-8-13-11/h2-3,5-6,11H,8H2,1H3/t11-/m1/s1. The molecule has 1 atom stereocenters. The molecule has 1 fully saturated rings. The van der Waals surface area contributed by atoms with Gasteiger partial charge in [0.15, 0.2) is 0 Å². The zero-order chi connectivity index (χ0) is 9.10. The van der Waals surface area contributed by atoms with Gasteiger partial charge in [-0.3, -0.25) is 0 Å². The van der Waals surface area contributed by atoms with Gasteiger partial charge in [0.1, 0.15) is 11.9 Å². The van der Waals surface area contributed by atoms with Crippen LogP contribution in [-0.4, -0.2) is 19.8 Å². The first-order valence-electron chi connectivity index (χ1n) is 4.16. The molecule has 0 aliphatic carbocycles. The third kappa shape index (κ3) is 2.24. The Bertz CT molecular complexity index is 339. The van der Waals surface area contributed by atoms with Crippen molar-refractivity contribution >= 4 is 0 Å². The highest BCUT2D eigenvalue weighted by Gasteiger charge is 2.18. The van der Waals surface area contributed by atoms with Gasteiger partial charge >= 0.3 is 0 Å². The predicted octanol–water partition coefficient (Wildman–Crippen LogP) is 1.45. The highest BCUT2D eigenvalue weighted by Crippen LogP contribution is 2.11. The Morgan fingerprint density at radius 1 is 1.38 bits per heavy atom. The van der Waals surface area contributed by atoms with Gasteiger partial charge in [-0.15, -0.1) is 0 Å². The maximum Gasteiger partial charge on any atom is 0.142 e. The molecule has 0 N–H and O–H groups in total. The summed E-state index contributed by atoms with van der Waals surface area (Å²) in [5.41, 5.74) is 0.997. The van der Waals surface area contributed by atoms with Crippen LogP contribution in [0.2, 0.25) is 0 Å². The predicted molar refractivity (Wildman–Crippen MR) is 49.6 cm³/mol. The molecule has 13 heavy (non-hydrogen) atoms. The van der Waals surface area contributed by atoms with Crippen molar-refractivity contribution in [3.63, 3.8) is 0 Å². The summed E-state index contributed by atoms with van der Waals surface area (Å²) in [4.78, 5) is 0. The molecule has 1 saturated heterocycles. The fraction of sp³-hybridized carbons (Fsp3) is 0.273. The molecule has 1 aliphatic heterocycles. The van der Waals surface area contributed by atoms with Crippen LogP contribution in [0.25, 0.3) is 0 Å². The summed E-state index contributed by atoms with van der Waals surface area (Å²) in [6.07, 6.45) is 0.169. The van der Waals surface area contributed by atoms with Gasteiger partial charge in [-0.05, 0) is 24.3 Å². The van der Waals surface area contributed by atoms with E-state index in [1.54, 1.807) is 7.11 Å². The molecule has 1 aliphatic rings. The molecule has 2 nitrogen and oxygen atoms in total. The number of rotatable bonds is 1. The summed E-state index contributed by atoms with van der Waals surface area (Å²) in [7, 11) is 1.65. The van der Waals surface area contributed by atoms with E-state index >= 15 is 0 Å². The second-order valence-corrected chi connectivity index (χ2v) is 2.82. The van der Waals surface area contributed by atoms with Crippen molar-refractivity contribution in [1.82, 2.24) is 0 Å². The smallest absolute Gasteiger partial charge is 0.142 e. The van der Waals surface area contributed by atoms with Gasteiger partial charge in [-0.2, -0.15) is 0 Å². The summed E-state index contributed by atoms with van der Waals surface area (Å²) in [6, 6.07) is 7.68. The Morgan fingerprint density at radius 2 is 2.08 bits per heavy atom. The monoisotopic (exact) mass is 174 g/mol. The van der Waals surface area contributed by atoms with Crippen LogP contribution in [0.1, 0.15) is 5.56 Å². The van der Waals surface area contributed by atoms with Crippen LogP contribution < -0.4 is 4.74 Å². The van der Waals surface area contributed by atoms with E-state index in [-0.39, 0.29) is 6.10 Å². The fourth-order valence-corrected chi connectivity index (χ4v) is 0.970. The van der Waals surface area contributed by atoms with Crippen LogP contribution in [0.3, 0.4) is 0 Å². The van der Waals surface area contributed by atoms with E-state index in [0.29, 0.717) is 0 Å². The van der Waals surface area contributed by atoms with Gasteiger partial charge in [0, 0.05) is 5.56 Å². The second-order valence-electron chi connectivity index (χ2n) is 2.82. The summed E-state index contributed by atoms with van der Waals surface area (Å²) >= 11 is 0. The number of epoxide rings is 1. The average molecular weight is 174 g/mol. The van der Waals surface area contributed by atoms with Gasteiger partial charge in [0.25, 0.3) is 0 Å². The molecule has 0 amide bonds. The highest BCUT2D eigenvalue weighted by molar-refractivity contribution is 5.39. The van der Waals surface area contributed by atoms with Crippen molar-refractivity contribution in [2.24, 2.45) is 0 Å². The minimum Gasteiger partial charge on any atom is -0.497 e. The van der Waals surface area contributed by atoms with Crippen LogP contribution in [0.5, 0.6) is 5.75 Å². The lowest BCUT2D eigenvalue weighted by atomic mass is 10.2. The van der Waals surface area contributed by atoms with Crippen molar-refractivity contribution in [1.29, 1.82) is 0 Å². The molecule has 0 aromatic heterocycles. The van der Waals surface area contributed by atoms with Gasteiger partial charge < -0.3 is 9.47 Å². The van der Waals surface area contributed by atoms with Gasteiger partial charge in [-0.1, -0.05) is 11.8 Å². The van der Waals surface area contributed by atoms with Gasteiger partial charge in [0.2, 0.25) is 0 Å². The van der Waals surface area contributed by atoms with Gasteiger partial charge in [0.05, 0.1) is 13.7 Å².